The van der Waals surface area contributed by atoms with E-state index in [-0.39, 0.29) is 23.8 Å². The van der Waals surface area contributed by atoms with Crippen molar-refractivity contribution in [3.8, 4) is 0 Å². The van der Waals surface area contributed by atoms with Gasteiger partial charge in [0, 0.05) is 0 Å². The van der Waals surface area contributed by atoms with Gasteiger partial charge in [0.05, 0.1) is 25.1 Å². The molecule has 1 saturated heterocycles. The summed E-state index contributed by atoms with van der Waals surface area (Å²) in [5, 5.41) is 33.6. The van der Waals surface area contributed by atoms with Crippen molar-refractivity contribution in [1.82, 2.24) is 19.6 Å². The number of aliphatic hydroxyl groups excluding tert-OH is 2. The van der Waals surface area contributed by atoms with Gasteiger partial charge in [-0.2, -0.15) is 5.10 Å². The molecule has 5 N–H and O–H groups in total. The van der Waals surface area contributed by atoms with Crippen LogP contribution in [0.15, 0.2) is 12.5 Å². The van der Waals surface area contributed by atoms with Gasteiger partial charge in [0.1, 0.15) is 18.5 Å². The molecule has 3 atom stereocenters. The predicted octanol–water partition coefficient (Wildman–Crippen LogP) is -2.35. The molecule has 0 bridgehead atoms. The third-order valence-corrected chi connectivity index (χ3v) is 3.31. The fraction of sp³-hybridized carbons (Fsp3) is 0.500. The highest BCUT2D eigenvalue weighted by Gasteiger charge is 2.51. The first-order valence-corrected chi connectivity index (χ1v) is 5.65. The zero-order valence-electron chi connectivity index (χ0n) is 9.84. The molecular formula is C10H13N5O4. The second-order valence-electron chi connectivity index (χ2n) is 4.43. The van der Waals surface area contributed by atoms with E-state index in [0.29, 0.717) is 0 Å². The SMILES string of the molecule is Nc1ncnn2c([C@@]3(O)COC(CO)[C@H]3O)cnc12. The number of aliphatic hydroxyl groups is 3. The molecule has 1 aliphatic rings. The van der Waals surface area contributed by atoms with Crippen molar-refractivity contribution in [2.45, 2.75) is 17.8 Å². The van der Waals surface area contributed by atoms with Crippen LogP contribution in [0.3, 0.4) is 0 Å². The molecule has 2 aromatic rings. The van der Waals surface area contributed by atoms with Crippen LogP contribution in [-0.2, 0) is 10.3 Å². The van der Waals surface area contributed by atoms with Gasteiger partial charge in [-0.15, -0.1) is 0 Å². The van der Waals surface area contributed by atoms with Crippen molar-refractivity contribution in [2.24, 2.45) is 0 Å². The van der Waals surface area contributed by atoms with Gasteiger partial charge in [-0.25, -0.2) is 14.5 Å². The highest BCUT2D eigenvalue weighted by atomic mass is 16.5. The molecule has 1 fully saturated rings. The molecule has 9 nitrogen and oxygen atoms in total. The lowest BCUT2D eigenvalue weighted by Gasteiger charge is -2.24. The molecule has 0 aromatic carbocycles. The lowest BCUT2D eigenvalue weighted by Crippen LogP contribution is -2.43. The Labute approximate surface area is 107 Å². The minimum absolute atomic E-state index is 0.164. The molecule has 102 valence electrons. The van der Waals surface area contributed by atoms with E-state index in [1.54, 1.807) is 0 Å². The van der Waals surface area contributed by atoms with E-state index in [1.165, 1.54) is 17.0 Å². The molecule has 0 spiro atoms. The quantitative estimate of drug-likeness (QED) is 0.474. The third kappa shape index (κ3) is 1.60. The van der Waals surface area contributed by atoms with Gasteiger partial charge in [0.2, 0.25) is 0 Å². The summed E-state index contributed by atoms with van der Waals surface area (Å²) in [6.07, 6.45) is 0.443. The lowest BCUT2D eigenvalue weighted by molar-refractivity contribution is -0.0633. The molecule has 3 rings (SSSR count). The first-order chi connectivity index (χ1) is 9.08. The van der Waals surface area contributed by atoms with Crippen molar-refractivity contribution in [3.05, 3.63) is 18.2 Å². The van der Waals surface area contributed by atoms with Crippen LogP contribution in [0.5, 0.6) is 0 Å². The molecule has 1 aliphatic heterocycles. The summed E-state index contributed by atoms with van der Waals surface area (Å²) < 4.78 is 6.47. The highest BCUT2D eigenvalue weighted by molar-refractivity contribution is 5.59. The lowest BCUT2D eigenvalue weighted by atomic mass is 9.93. The van der Waals surface area contributed by atoms with E-state index in [9.17, 15) is 10.2 Å². The Morgan fingerprint density at radius 1 is 1.53 bits per heavy atom. The first kappa shape index (κ1) is 12.2. The van der Waals surface area contributed by atoms with Crippen molar-refractivity contribution >= 4 is 11.5 Å². The molecule has 2 aromatic heterocycles. The Kier molecular flexibility index (Phi) is 2.64. The largest absolute Gasteiger partial charge is 0.394 e. The number of rotatable bonds is 2. The van der Waals surface area contributed by atoms with Gasteiger partial charge in [0.15, 0.2) is 17.1 Å². The second kappa shape index (κ2) is 4.10. The summed E-state index contributed by atoms with van der Waals surface area (Å²) in [4.78, 5) is 7.81. The molecule has 1 unspecified atom stereocenters. The predicted molar refractivity (Wildman–Crippen MR) is 61.9 cm³/mol. The van der Waals surface area contributed by atoms with Crippen molar-refractivity contribution in [1.29, 1.82) is 0 Å². The van der Waals surface area contributed by atoms with Gasteiger partial charge >= 0.3 is 0 Å². The molecule has 0 aliphatic carbocycles. The summed E-state index contributed by atoms with van der Waals surface area (Å²) in [6.45, 7) is -0.561. The number of nitrogen functional groups attached to an aromatic ring is 1. The Morgan fingerprint density at radius 3 is 3.00 bits per heavy atom. The molecule has 0 saturated carbocycles. The van der Waals surface area contributed by atoms with Crippen LogP contribution in [0.4, 0.5) is 5.82 Å². The number of fused-ring (bicyclic) bond motifs is 1. The van der Waals surface area contributed by atoms with Crippen LogP contribution in [0.1, 0.15) is 5.69 Å². The summed E-state index contributed by atoms with van der Waals surface area (Å²) in [5.74, 6) is 0.164. The normalized spacial score (nSPS) is 31.1. The van der Waals surface area contributed by atoms with Crippen LogP contribution in [0.25, 0.3) is 5.65 Å². The van der Waals surface area contributed by atoms with Crippen LogP contribution in [0.2, 0.25) is 0 Å². The van der Waals surface area contributed by atoms with Gasteiger partial charge in [-0.05, 0) is 0 Å². The molecule has 9 heteroatoms. The number of hydrogen-bond donors (Lipinski definition) is 4. The van der Waals surface area contributed by atoms with E-state index < -0.39 is 24.4 Å². The standard InChI is InChI=1S/C10H13N5O4/c11-8-9-12-1-6(15(9)14-4-13-8)10(18)3-19-5(2-16)7(10)17/h1,4-5,7,16-18H,2-3H2,(H2,11,13,14)/t5?,7-,10+/m1/s1. The third-order valence-electron chi connectivity index (χ3n) is 3.31. The summed E-state index contributed by atoms with van der Waals surface area (Å²) in [6, 6.07) is 0. The second-order valence-corrected chi connectivity index (χ2v) is 4.43. The fourth-order valence-electron chi connectivity index (χ4n) is 2.23. The number of imidazole rings is 1. The van der Waals surface area contributed by atoms with Gasteiger partial charge in [-0.3, -0.25) is 0 Å². The first-order valence-electron chi connectivity index (χ1n) is 5.65. The van der Waals surface area contributed by atoms with Crippen molar-refractivity contribution in [3.63, 3.8) is 0 Å². The van der Waals surface area contributed by atoms with E-state index >= 15 is 0 Å². The van der Waals surface area contributed by atoms with Gasteiger partial charge in [0.25, 0.3) is 0 Å². The zero-order valence-corrected chi connectivity index (χ0v) is 9.84. The number of aromatic nitrogens is 4. The Balaban J connectivity index is 2.12. The Hall–Kier alpha value is -1.81. The summed E-state index contributed by atoms with van der Waals surface area (Å²) in [5.41, 5.74) is 4.47. The molecular weight excluding hydrogens is 254 g/mol. The highest BCUT2D eigenvalue weighted by Crippen LogP contribution is 2.34. The maximum Gasteiger partial charge on any atom is 0.196 e. The summed E-state index contributed by atoms with van der Waals surface area (Å²) >= 11 is 0. The summed E-state index contributed by atoms with van der Waals surface area (Å²) in [7, 11) is 0. The molecule has 3 heterocycles. The van der Waals surface area contributed by atoms with Gasteiger partial charge < -0.3 is 25.8 Å². The van der Waals surface area contributed by atoms with E-state index in [0.717, 1.165) is 0 Å². The molecule has 19 heavy (non-hydrogen) atoms. The average Bonchev–Trinajstić information content (AvgIpc) is 2.95. The number of nitrogens with two attached hydrogens (primary N) is 1. The minimum Gasteiger partial charge on any atom is -0.394 e. The van der Waals surface area contributed by atoms with E-state index in [1.807, 2.05) is 0 Å². The van der Waals surface area contributed by atoms with Crippen LogP contribution in [0, 0.1) is 0 Å². The average molecular weight is 267 g/mol. The smallest absolute Gasteiger partial charge is 0.196 e. The minimum atomic E-state index is -1.70. The van der Waals surface area contributed by atoms with Gasteiger partial charge in [-0.1, -0.05) is 0 Å². The maximum absolute atomic E-state index is 10.6. The van der Waals surface area contributed by atoms with Crippen LogP contribution < -0.4 is 5.73 Å². The monoisotopic (exact) mass is 267 g/mol. The number of nitrogens with zero attached hydrogens (tertiary/aromatic N) is 4. The maximum atomic E-state index is 10.6. The Morgan fingerprint density at radius 2 is 2.32 bits per heavy atom. The number of anilines is 1. The topological polar surface area (TPSA) is 139 Å². The number of ether oxygens (including phenoxy) is 1. The van der Waals surface area contributed by atoms with E-state index in [4.69, 9.17) is 15.6 Å². The van der Waals surface area contributed by atoms with E-state index in [2.05, 4.69) is 15.1 Å². The Bertz CT molecular complexity index is 617. The zero-order chi connectivity index (χ0) is 13.6. The fourth-order valence-corrected chi connectivity index (χ4v) is 2.23. The van der Waals surface area contributed by atoms with Crippen molar-refractivity contribution in [2.75, 3.05) is 18.9 Å². The van der Waals surface area contributed by atoms with Crippen LogP contribution in [-0.4, -0.2) is 60.3 Å². The molecule has 0 radical (unpaired) electrons. The van der Waals surface area contributed by atoms with Crippen molar-refractivity contribution < 1.29 is 20.1 Å². The van der Waals surface area contributed by atoms with Crippen LogP contribution >= 0.6 is 0 Å². The number of hydrogen-bond acceptors (Lipinski definition) is 8. The molecule has 0 amide bonds.